The minimum Gasteiger partial charge on any atom is -0.467 e. The fourth-order valence-electron chi connectivity index (χ4n) is 2.61. The lowest BCUT2D eigenvalue weighted by Gasteiger charge is -2.21. The maximum absolute atomic E-state index is 12.9. The highest BCUT2D eigenvalue weighted by molar-refractivity contribution is 5.94. The first kappa shape index (κ1) is 15.1. The number of carbonyl (C=O) groups excluding carboxylic acids is 1. The minimum absolute atomic E-state index is 0.0455. The number of aryl methyl sites for hydroxylation is 2. The van der Waals surface area contributed by atoms with Gasteiger partial charge in [-0.05, 0) is 49.2 Å². The molecule has 0 aromatic carbocycles. The van der Waals surface area contributed by atoms with Crippen LogP contribution in [0, 0.1) is 13.8 Å². The molecule has 0 fully saturated rings. The molecule has 23 heavy (non-hydrogen) atoms. The van der Waals surface area contributed by atoms with Gasteiger partial charge in [-0.2, -0.15) is 0 Å². The van der Waals surface area contributed by atoms with Crippen LogP contribution < -0.4 is 0 Å². The Bertz CT molecular complexity index is 776. The second kappa shape index (κ2) is 6.52. The first-order valence-corrected chi connectivity index (χ1v) is 7.50. The van der Waals surface area contributed by atoms with Crippen LogP contribution in [0.2, 0.25) is 0 Å². The van der Waals surface area contributed by atoms with Gasteiger partial charge in [0.2, 0.25) is 0 Å². The second-order valence-electron chi connectivity index (χ2n) is 5.61. The van der Waals surface area contributed by atoms with Gasteiger partial charge in [-0.15, -0.1) is 0 Å². The third-order valence-corrected chi connectivity index (χ3v) is 3.67. The molecule has 3 rings (SSSR count). The van der Waals surface area contributed by atoms with Crippen molar-refractivity contribution in [2.24, 2.45) is 0 Å². The SMILES string of the molecule is Cc1cc(C)c(C(=O)N(Cc2cccnc2)Cc2ccco2)[nH]1. The number of carbonyl (C=O) groups is 1. The summed E-state index contributed by atoms with van der Waals surface area (Å²) in [5, 5.41) is 0. The third kappa shape index (κ3) is 3.51. The summed E-state index contributed by atoms with van der Waals surface area (Å²) in [7, 11) is 0. The van der Waals surface area contributed by atoms with Crippen LogP contribution in [-0.4, -0.2) is 20.8 Å². The van der Waals surface area contributed by atoms with Gasteiger partial charge in [-0.3, -0.25) is 9.78 Å². The van der Waals surface area contributed by atoms with Gasteiger partial charge in [-0.1, -0.05) is 6.07 Å². The van der Waals surface area contributed by atoms with E-state index in [1.165, 1.54) is 0 Å². The Balaban J connectivity index is 1.87. The van der Waals surface area contributed by atoms with Crippen LogP contribution in [0.4, 0.5) is 0 Å². The molecule has 0 aliphatic rings. The zero-order valence-corrected chi connectivity index (χ0v) is 13.2. The van der Waals surface area contributed by atoms with Crippen LogP contribution in [0.15, 0.2) is 53.4 Å². The highest BCUT2D eigenvalue weighted by atomic mass is 16.3. The first-order valence-electron chi connectivity index (χ1n) is 7.50. The number of rotatable bonds is 5. The molecule has 3 aromatic rings. The van der Waals surface area contributed by atoms with E-state index in [1.54, 1.807) is 23.6 Å². The molecule has 0 radical (unpaired) electrons. The summed E-state index contributed by atoms with van der Waals surface area (Å²) in [6, 6.07) is 9.50. The van der Waals surface area contributed by atoms with E-state index in [2.05, 4.69) is 9.97 Å². The highest BCUT2D eigenvalue weighted by Crippen LogP contribution is 2.17. The summed E-state index contributed by atoms with van der Waals surface area (Å²) < 4.78 is 5.40. The average molecular weight is 309 g/mol. The lowest BCUT2D eigenvalue weighted by molar-refractivity contribution is 0.0711. The maximum Gasteiger partial charge on any atom is 0.271 e. The number of hydrogen-bond acceptors (Lipinski definition) is 3. The van der Waals surface area contributed by atoms with Crippen molar-refractivity contribution in [2.75, 3.05) is 0 Å². The van der Waals surface area contributed by atoms with Gasteiger partial charge < -0.3 is 14.3 Å². The number of furan rings is 1. The number of pyridine rings is 1. The molecule has 1 amide bonds. The summed E-state index contributed by atoms with van der Waals surface area (Å²) in [4.78, 5) is 22.0. The number of H-pyrrole nitrogens is 1. The van der Waals surface area contributed by atoms with Crippen LogP contribution >= 0.6 is 0 Å². The Labute approximate surface area is 135 Å². The number of nitrogens with zero attached hydrogens (tertiary/aromatic N) is 2. The van der Waals surface area contributed by atoms with E-state index in [0.29, 0.717) is 18.8 Å². The van der Waals surface area contributed by atoms with Crippen molar-refractivity contribution >= 4 is 5.91 Å². The van der Waals surface area contributed by atoms with Crippen LogP contribution in [0.3, 0.4) is 0 Å². The van der Waals surface area contributed by atoms with Gasteiger partial charge in [0.1, 0.15) is 11.5 Å². The lowest BCUT2D eigenvalue weighted by atomic mass is 10.2. The Morgan fingerprint density at radius 3 is 2.74 bits per heavy atom. The van der Waals surface area contributed by atoms with Crippen molar-refractivity contribution in [3.8, 4) is 0 Å². The molecule has 0 saturated carbocycles. The first-order chi connectivity index (χ1) is 11.1. The third-order valence-electron chi connectivity index (χ3n) is 3.67. The molecule has 3 aromatic heterocycles. The van der Waals surface area contributed by atoms with Crippen LogP contribution in [-0.2, 0) is 13.1 Å². The summed E-state index contributed by atoms with van der Waals surface area (Å²) in [5.41, 5.74) is 3.53. The van der Waals surface area contributed by atoms with E-state index in [1.807, 2.05) is 44.2 Å². The summed E-state index contributed by atoms with van der Waals surface area (Å²) in [5.74, 6) is 0.707. The van der Waals surface area contributed by atoms with E-state index >= 15 is 0 Å². The minimum atomic E-state index is -0.0455. The van der Waals surface area contributed by atoms with Gasteiger partial charge in [0, 0.05) is 24.6 Å². The zero-order chi connectivity index (χ0) is 16.2. The molecule has 3 heterocycles. The molecular formula is C18H19N3O2. The van der Waals surface area contributed by atoms with E-state index in [9.17, 15) is 4.79 Å². The summed E-state index contributed by atoms with van der Waals surface area (Å²) >= 11 is 0. The van der Waals surface area contributed by atoms with Crippen LogP contribution in [0.25, 0.3) is 0 Å². The smallest absolute Gasteiger partial charge is 0.271 e. The molecule has 0 saturated heterocycles. The lowest BCUT2D eigenvalue weighted by Crippen LogP contribution is -2.30. The monoisotopic (exact) mass is 309 g/mol. The quantitative estimate of drug-likeness (QED) is 0.785. The summed E-state index contributed by atoms with van der Waals surface area (Å²) in [6.45, 7) is 4.77. The fraction of sp³-hybridized carbons (Fsp3) is 0.222. The van der Waals surface area contributed by atoms with Gasteiger partial charge in [0.25, 0.3) is 5.91 Å². The van der Waals surface area contributed by atoms with Crippen LogP contribution in [0.5, 0.6) is 0 Å². The van der Waals surface area contributed by atoms with Crippen LogP contribution in [0.1, 0.15) is 33.1 Å². The van der Waals surface area contributed by atoms with E-state index < -0.39 is 0 Å². The molecule has 0 unspecified atom stereocenters. The van der Waals surface area contributed by atoms with Gasteiger partial charge >= 0.3 is 0 Å². The number of hydrogen-bond donors (Lipinski definition) is 1. The molecular weight excluding hydrogens is 290 g/mol. The molecule has 0 bridgehead atoms. The normalized spacial score (nSPS) is 10.7. The predicted molar refractivity (Wildman–Crippen MR) is 86.8 cm³/mol. The molecule has 5 nitrogen and oxygen atoms in total. The molecule has 0 aliphatic heterocycles. The van der Waals surface area contributed by atoms with E-state index in [-0.39, 0.29) is 5.91 Å². The van der Waals surface area contributed by atoms with Gasteiger partial charge in [0.15, 0.2) is 0 Å². The summed E-state index contributed by atoms with van der Waals surface area (Å²) in [6.07, 6.45) is 5.11. The average Bonchev–Trinajstić information content (AvgIpc) is 3.16. The molecule has 0 spiro atoms. The Hall–Kier alpha value is -2.82. The Morgan fingerprint density at radius 1 is 1.26 bits per heavy atom. The maximum atomic E-state index is 12.9. The molecule has 0 atom stereocenters. The standard InChI is InChI=1S/C18H19N3O2/c1-13-9-14(2)20-17(13)18(22)21(12-16-6-4-8-23-16)11-15-5-3-7-19-10-15/h3-10,20H,11-12H2,1-2H3. The largest absolute Gasteiger partial charge is 0.467 e. The fourth-order valence-corrected chi connectivity index (χ4v) is 2.61. The Morgan fingerprint density at radius 2 is 2.13 bits per heavy atom. The zero-order valence-electron chi connectivity index (χ0n) is 13.2. The van der Waals surface area contributed by atoms with Crippen molar-refractivity contribution < 1.29 is 9.21 Å². The van der Waals surface area contributed by atoms with Crippen molar-refractivity contribution in [2.45, 2.75) is 26.9 Å². The van der Waals surface area contributed by atoms with Gasteiger partial charge in [-0.25, -0.2) is 0 Å². The Kier molecular flexibility index (Phi) is 4.28. The van der Waals surface area contributed by atoms with E-state index in [4.69, 9.17) is 4.42 Å². The number of amides is 1. The highest BCUT2D eigenvalue weighted by Gasteiger charge is 2.21. The molecule has 1 N–H and O–H groups in total. The van der Waals surface area contributed by atoms with E-state index in [0.717, 1.165) is 22.6 Å². The number of aromatic amines is 1. The van der Waals surface area contributed by atoms with Crippen molar-refractivity contribution in [1.82, 2.24) is 14.9 Å². The number of aromatic nitrogens is 2. The molecule has 5 heteroatoms. The topological polar surface area (TPSA) is 62.1 Å². The predicted octanol–water partition coefficient (Wildman–Crippen LogP) is 3.46. The number of nitrogens with one attached hydrogen (secondary N) is 1. The molecule has 0 aliphatic carbocycles. The van der Waals surface area contributed by atoms with Crippen molar-refractivity contribution in [3.05, 3.63) is 77.3 Å². The molecule has 118 valence electrons. The second-order valence-corrected chi connectivity index (χ2v) is 5.61. The van der Waals surface area contributed by atoms with Gasteiger partial charge in [0.05, 0.1) is 12.8 Å². The van der Waals surface area contributed by atoms with Crippen molar-refractivity contribution in [3.63, 3.8) is 0 Å². The van der Waals surface area contributed by atoms with Crippen molar-refractivity contribution in [1.29, 1.82) is 0 Å².